The molecule has 6 nitrogen and oxygen atoms in total. The Hall–Kier alpha value is -3.48. The van der Waals surface area contributed by atoms with Gasteiger partial charge < -0.3 is 20.6 Å². The predicted molar refractivity (Wildman–Crippen MR) is 150 cm³/mol. The van der Waals surface area contributed by atoms with Crippen molar-refractivity contribution in [3.8, 4) is 0 Å². The predicted octanol–water partition coefficient (Wildman–Crippen LogP) is 4.44. The molecular weight excluding hydrogens is 456 g/mol. The summed E-state index contributed by atoms with van der Waals surface area (Å²) in [5.74, 6) is 2.86. The second-order valence-corrected chi connectivity index (χ2v) is 11.2. The maximum Gasteiger partial charge on any atom is 0.124 e. The Morgan fingerprint density at radius 1 is 0.757 bits per heavy atom. The van der Waals surface area contributed by atoms with Crippen LogP contribution in [0.5, 0.6) is 0 Å². The van der Waals surface area contributed by atoms with E-state index in [9.17, 15) is 0 Å². The molecule has 3 aliphatic rings. The summed E-state index contributed by atoms with van der Waals surface area (Å²) in [6.45, 7) is 4.48. The summed E-state index contributed by atoms with van der Waals surface area (Å²) in [7, 11) is 0. The van der Waals surface area contributed by atoms with Crippen LogP contribution in [0.3, 0.4) is 0 Å². The third kappa shape index (κ3) is 3.46. The third-order valence-electron chi connectivity index (χ3n) is 8.78. The molecule has 3 aromatic carbocycles. The van der Waals surface area contributed by atoms with Crippen molar-refractivity contribution in [2.24, 2.45) is 5.92 Å². The first-order valence-corrected chi connectivity index (χ1v) is 13.8. The number of hydrogen-bond acceptors (Lipinski definition) is 4. The van der Waals surface area contributed by atoms with Gasteiger partial charge in [0, 0.05) is 16.5 Å². The van der Waals surface area contributed by atoms with Crippen LogP contribution in [0.25, 0.3) is 45.0 Å². The molecule has 2 saturated heterocycles. The van der Waals surface area contributed by atoms with Crippen LogP contribution in [0, 0.1) is 5.92 Å². The van der Waals surface area contributed by atoms with E-state index in [4.69, 9.17) is 9.97 Å². The van der Waals surface area contributed by atoms with Crippen molar-refractivity contribution in [2.45, 2.75) is 50.6 Å². The fraction of sp³-hybridized carbons (Fsp3) is 0.355. The molecule has 4 N–H and O–H groups in total. The molecule has 186 valence electrons. The molecule has 8 rings (SSSR count). The van der Waals surface area contributed by atoms with Crippen LogP contribution in [0.2, 0.25) is 0 Å². The quantitative estimate of drug-likeness (QED) is 0.303. The molecule has 0 saturated carbocycles. The molecular formula is C31H32N6. The standard InChI is InChI=1S/C31H32N6/c1-17-14-23-20(8-11-25-29(23)37-31(35-25)27-5-3-13-33-27)16-22(17)19-6-9-21-18(15-19)7-10-24-28(21)36-30(34-24)26-4-2-12-32-26/h6-11,14-17,22,26-27,32-33H,2-5,12-13H2,1H3,(H,34,36)(H,35,37)/t17?,22?,26-,27-/m0/s1. The molecule has 4 atom stereocenters. The Balaban J connectivity index is 1.18. The fourth-order valence-electron chi connectivity index (χ4n) is 6.78. The van der Waals surface area contributed by atoms with Crippen LogP contribution in [0.1, 0.15) is 67.8 Å². The molecule has 4 heterocycles. The van der Waals surface area contributed by atoms with Crippen molar-refractivity contribution in [1.29, 1.82) is 0 Å². The zero-order valence-electron chi connectivity index (χ0n) is 21.1. The lowest BCUT2D eigenvalue weighted by Gasteiger charge is -2.22. The average molecular weight is 489 g/mol. The molecule has 6 heteroatoms. The van der Waals surface area contributed by atoms with Gasteiger partial charge in [-0.25, -0.2) is 9.97 Å². The smallest absolute Gasteiger partial charge is 0.124 e. The van der Waals surface area contributed by atoms with Crippen LogP contribution in [-0.2, 0) is 0 Å². The Morgan fingerprint density at radius 3 is 2.19 bits per heavy atom. The summed E-state index contributed by atoms with van der Waals surface area (Å²) in [6.07, 6.45) is 9.61. The number of aromatic amines is 2. The van der Waals surface area contributed by atoms with Crippen LogP contribution >= 0.6 is 0 Å². The number of fused-ring (bicyclic) bond motifs is 6. The number of nitrogens with zero attached hydrogens (tertiary/aromatic N) is 2. The van der Waals surface area contributed by atoms with Crippen LogP contribution in [-0.4, -0.2) is 33.0 Å². The zero-order chi connectivity index (χ0) is 24.5. The van der Waals surface area contributed by atoms with E-state index in [1.807, 2.05) is 0 Å². The lowest BCUT2D eigenvalue weighted by Crippen LogP contribution is -2.32. The minimum atomic E-state index is 0.331. The summed E-state index contributed by atoms with van der Waals surface area (Å²) in [4.78, 5) is 17.2. The summed E-state index contributed by atoms with van der Waals surface area (Å²) in [5.41, 5.74) is 5.80. The minimum absolute atomic E-state index is 0.331. The van der Waals surface area contributed by atoms with Crippen molar-refractivity contribution >= 4 is 45.0 Å². The molecule has 1 aliphatic carbocycles. The highest BCUT2D eigenvalue weighted by molar-refractivity contribution is 6.04. The van der Waals surface area contributed by atoms with Gasteiger partial charge >= 0.3 is 0 Å². The van der Waals surface area contributed by atoms with E-state index in [1.165, 1.54) is 39.6 Å². The first-order chi connectivity index (χ1) is 18.2. The number of hydrogen-bond donors (Lipinski definition) is 4. The largest absolute Gasteiger partial charge is 0.341 e. The van der Waals surface area contributed by atoms with E-state index in [0.717, 1.165) is 59.6 Å². The monoisotopic (exact) mass is 488 g/mol. The number of nitrogens with one attached hydrogen (secondary N) is 4. The van der Waals surface area contributed by atoms with Crippen molar-refractivity contribution in [2.75, 3.05) is 13.1 Å². The lowest BCUT2D eigenvalue weighted by atomic mass is 9.82. The Kier molecular flexibility index (Phi) is 4.82. The second kappa shape index (κ2) is 8.27. The molecule has 5 aromatic rings. The zero-order valence-corrected chi connectivity index (χ0v) is 21.1. The minimum Gasteiger partial charge on any atom is -0.341 e. The molecule has 0 radical (unpaired) electrons. The molecule has 0 spiro atoms. The molecule has 0 amide bonds. The second-order valence-electron chi connectivity index (χ2n) is 11.2. The highest BCUT2D eigenvalue weighted by atomic mass is 15.0. The van der Waals surface area contributed by atoms with Gasteiger partial charge in [0.1, 0.15) is 11.6 Å². The number of imidazole rings is 2. The van der Waals surface area contributed by atoms with Crippen LogP contribution in [0.15, 0.2) is 42.5 Å². The van der Waals surface area contributed by atoms with Crippen molar-refractivity contribution in [3.05, 3.63) is 70.1 Å². The molecule has 2 aromatic heterocycles. The summed E-state index contributed by atoms with van der Waals surface area (Å²) >= 11 is 0. The Morgan fingerprint density at radius 2 is 1.46 bits per heavy atom. The number of H-pyrrole nitrogens is 2. The van der Waals surface area contributed by atoms with E-state index in [-0.39, 0.29) is 0 Å². The normalized spacial score (nSPS) is 25.5. The topological polar surface area (TPSA) is 81.4 Å². The maximum absolute atomic E-state index is 5.06. The number of rotatable bonds is 3. The Labute approximate surface area is 215 Å². The van der Waals surface area contributed by atoms with Crippen molar-refractivity contribution in [3.63, 3.8) is 0 Å². The van der Waals surface area contributed by atoms with Gasteiger partial charge in [0.2, 0.25) is 0 Å². The third-order valence-corrected chi connectivity index (χ3v) is 8.78. The van der Waals surface area contributed by atoms with Gasteiger partial charge in [-0.15, -0.1) is 0 Å². The fourth-order valence-corrected chi connectivity index (χ4v) is 6.78. The number of aromatic nitrogens is 4. The molecule has 2 aliphatic heterocycles. The first-order valence-electron chi connectivity index (χ1n) is 13.8. The van der Waals surface area contributed by atoms with Gasteiger partial charge in [-0.3, -0.25) is 0 Å². The van der Waals surface area contributed by atoms with Gasteiger partial charge in [-0.1, -0.05) is 49.4 Å². The van der Waals surface area contributed by atoms with E-state index in [0.29, 0.717) is 23.9 Å². The maximum atomic E-state index is 5.06. The average Bonchev–Trinajstić information content (AvgIpc) is 3.73. The SMILES string of the molecule is CC1C=c2c(ccc3[nH]c([C@@H]4CCCN4)nc23)=CC1c1ccc2c(ccc3[nH]c([C@@H]4CCCN4)nc32)c1. The first kappa shape index (κ1) is 21.6. The van der Waals surface area contributed by atoms with Crippen molar-refractivity contribution in [1.82, 2.24) is 30.6 Å². The van der Waals surface area contributed by atoms with Gasteiger partial charge in [0.05, 0.1) is 34.2 Å². The Bertz CT molecular complexity index is 1780. The lowest BCUT2D eigenvalue weighted by molar-refractivity contribution is 0.614. The number of benzene rings is 3. The van der Waals surface area contributed by atoms with Crippen LogP contribution in [0.4, 0.5) is 0 Å². The summed E-state index contributed by atoms with van der Waals surface area (Å²) in [5, 5.41) is 12.2. The molecule has 2 fully saturated rings. The van der Waals surface area contributed by atoms with Gasteiger partial charge in [-0.05, 0) is 73.0 Å². The summed E-state index contributed by atoms with van der Waals surface area (Å²) in [6, 6.07) is 16.5. The van der Waals surface area contributed by atoms with Crippen molar-refractivity contribution < 1.29 is 0 Å². The van der Waals surface area contributed by atoms with Gasteiger partial charge in [0.15, 0.2) is 0 Å². The van der Waals surface area contributed by atoms with Gasteiger partial charge in [-0.2, -0.15) is 0 Å². The molecule has 2 unspecified atom stereocenters. The highest BCUT2D eigenvalue weighted by Crippen LogP contribution is 2.34. The van der Waals surface area contributed by atoms with Crippen LogP contribution < -0.4 is 21.1 Å². The van der Waals surface area contributed by atoms with E-state index < -0.39 is 0 Å². The van der Waals surface area contributed by atoms with E-state index >= 15 is 0 Å². The molecule has 0 bridgehead atoms. The van der Waals surface area contributed by atoms with E-state index in [2.05, 4.69) is 82.1 Å². The summed E-state index contributed by atoms with van der Waals surface area (Å²) < 4.78 is 0. The molecule has 37 heavy (non-hydrogen) atoms. The highest BCUT2D eigenvalue weighted by Gasteiger charge is 2.24. The van der Waals surface area contributed by atoms with Gasteiger partial charge in [0.25, 0.3) is 0 Å². The van der Waals surface area contributed by atoms with E-state index in [1.54, 1.807) is 0 Å².